The van der Waals surface area contributed by atoms with Gasteiger partial charge >= 0.3 is 6.18 Å². The number of aromatic nitrogens is 2. The van der Waals surface area contributed by atoms with Crippen LogP contribution in [0.4, 0.5) is 22.0 Å². The summed E-state index contributed by atoms with van der Waals surface area (Å²) in [6, 6.07) is 51.4. The number of para-hydroxylation sites is 2. The molecule has 7 heteroatoms. The Kier molecular flexibility index (Phi) is 7.68. The van der Waals surface area contributed by atoms with E-state index in [4.69, 9.17) is 0 Å². The zero-order valence-electron chi connectivity index (χ0n) is 29.5. The Balaban J connectivity index is 1.35. The first-order chi connectivity index (χ1) is 27.2. The lowest BCUT2D eigenvalue weighted by Gasteiger charge is -2.23. The fraction of sp³-hybridized carbons (Fsp3) is 0.0204. The summed E-state index contributed by atoms with van der Waals surface area (Å²) in [6.45, 7) is 0. The van der Waals surface area contributed by atoms with E-state index in [2.05, 4.69) is 0 Å². The minimum absolute atomic E-state index is 0.0960. The summed E-state index contributed by atoms with van der Waals surface area (Å²) in [6.07, 6.45) is -4.90. The average molecular weight is 741 g/mol. The van der Waals surface area contributed by atoms with Crippen LogP contribution in [0.2, 0.25) is 0 Å². The first kappa shape index (κ1) is 33.6. The SMILES string of the molecule is Fc1ccc(F)c(-c2cc(-n3c4ccccc4c4cc(-c5ccccc5)ccc43)c(C(F)(F)F)c(-n3c4ccccc4c4cc(-c5ccccc5)ccc43)c2)c1. The van der Waals surface area contributed by atoms with Crippen LogP contribution in [0.1, 0.15) is 5.56 Å². The molecule has 10 rings (SSSR count). The van der Waals surface area contributed by atoms with E-state index in [1.807, 2.05) is 121 Å². The van der Waals surface area contributed by atoms with Crippen molar-refractivity contribution < 1.29 is 22.0 Å². The van der Waals surface area contributed by atoms with Crippen LogP contribution in [0.3, 0.4) is 0 Å². The van der Waals surface area contributed by atoms with Crippen molar-refractivity contribution in [3.8, 4) is 44.8 Å². The van der Waals surface area contributed by atoms with E-state index < -0.39 is 23.4 Å². The summed E-state index contributed by atoms with van der Waals surface area (Å²) in [7, 11) is 0. The molecule has 2 nitrogen and oxygen atoms in total. The summed E-state index contributed by atoms with van der Waals surface area (Å²) in [5, 5.41) is 3.01. The number of benzene rings is 8. The molecule has 8 aromatic carbocycles. The van der Waals surface area contributed by atoms with Gasteiger partial charge in [-0.3, -0.25) is 0 Å². The third-order valence-electron chi connectivity index (χ3n) is 10.7. The van der Waals surface area contributed by atoms with Gasteiger partial charge in [0.2, 0.25) is 0 Å². The van der Waals surface area contributed by atoms with Crippen molar-refractivity contribution in [2.45, 2.75) is 6.18 Å². The van der Waals surface area contributed by atoms with Gasteiger partial charge < -0.3 is 9.13 Å². The van der Waals surface area contributed by atoms with Crippen LogP contribution >= 0.6 is 0 Å². The summed E-state index contributed by atoms with van der Waals surface area (Å²) in [5.74, 6) is -1.47. The third kappa shape index (κ3) is 5.38. The number of halogens is 5. The van der Waals surface area contributed by atoms with E-state index in [1.165, 1.54) is 12.1 Å². The molecule has 0 aliphatic heterocycles. The zero-order valence-corrected chi connectivity index (χ0v) is 29.5. The smallest absolute Gasteiger partial charge is 0.309 e. The highest BCUT2D eigenvalue weighted by molar-refractivity contribution is 6.12. The second kappa shape index (κ2) is 12.8. The molecule has 0 saturated carbocycles. The highest BCUT2D eigenvalue weighted by atomic mass is 19.4. The minimum Gasteiger partial charge on any atom is -0.309 e. The highest BCUT2D eigenvalue weighted by Crippen LogP contribution is 2.47. The van der Waals surface area contributed by atoms with E-state index in [0.717, 1.165) is 62.0 Å². The van der Waals surface area contributed by atoms with Gasteiger partial charge in [0.05, 0.1) is 33.4 Å². The lowest BCUT2D eigenvalue weighted by atomic mass is 9.98. The van der Waals surface area contributed by atoms with Crippen LogP contribution in [-0.4, -0.2) is 9.13 Å². The van der Waals surface area contributed by atoms with Crippen LogP contribution in [0.5, 0.6) is 0 Å². The number of hydrogen-bond donors (Lipinski definition) is 0. The summed E-state index contributed by atoms with van der Waals surface area (Å²) in [4.78, 5) is 0. The summed E-state index contributed by atoms with van der Waals surface area (Å²) in [5.41, 5.74) is 4.51. The predicted molar refractivity (Wildman–Crippen MR) is 216 cm³/mol. The normalized spacial score (nSPS) is 12.0. The molecule has 0 aliphatic rings. The molecule has 0 amide bonds. The molecule has 0 aliphatic carbocycles. The fourth-order valence-corrected chi connectivity index (χ4v) is 8.21. The van der Waals surface area contributed by atoms with Crippen LogP contribution in [0, 0.1) is 11.6 Å². The van der Waals surface area contributed by atoms with Gasteiger partial charge in [0.15, 0.2) is 0 Å². The van der Waals surface area contributed by atoms with Crippen molar-refractivity contribution in [2.24, 2.45) is 0 Å². The second-order valence-corrected chi connectivity index (χ2v) is 13.9. The lowest BCUT2D eigenvalue weighted by molar-refractivity contribution is -0.137. The molecule has 0 bridgehead atoms. The summed E-state index contributed by atoms with van der Waals surface area (Å²) < 4.78 is 82.4. The number of alkyl halides is 3. The van der Waals surface area contributed by atoms with E-state index in [-0.39, 0.29) is 22.5 Å². The Morgan fingerprint density at radius 2 is 0.804 bits per heavy atom. The van der Waals surface area contributed by atoms with E-state index in [0.29, 0.717) is 22.1 Å². The van der Waals surface area contributed by atoms with Crippen molar-refractivity contribution in [3.63, 3.8) is 0 Å². The van der Waals surface area contributed by atoms with Gasteiger partial charge in [0, 0.05) is 27.1 Å². The van der Waals surface area contributed by atoms with Crippen molar-refractivity contribution in [2.75, 3.05) is 0 Å². The van der Waals surface area contributed by atoms with Gasteiger partial charge in [0.1, 0.15) is 17.2 Å². The van der Waals surface area contributed by atoms with Crippen LogP contribution in [-0.2, 0) is 6.18 Å². The summed E-state index contributed by atoms with van der Waals surface area (Å²) >= 11 is 0. The van der Waals surface area contributed by atoms with Crippen LogP contribution < -0.4 is 0 Å². The Morgan fingerprint density at radius 1 is 0.357 bits per heavy atom. The molecule has 0 radical (unpaired) electrons. The maximum atomic E-state index is 16.2. The molecule has 0 unspecified atom stereocenters. The first-order valence-electron chi connectivity index (χ1n) is 18.1. The fourth-order valence-electron chi connectivity index (χ4n) is 8.21. The van der Waals surface area contributed by atoms with Gasteiger partial charge in [-0.25, -0.2) is 8.78 Å². The molecule has 0 saturated heterocycles. The number of fused-ring (bicyclic) bond motifs is 6. The lowest BCUT2D eigenvalue weighted by Crippen LogP contribution is -2.16. The van der Waals surface area contributed by atoms with Crippen molar-refractivity contribution >= 4 is 43.6 Å². The maximum Gasteiger partial charge on any atom is 0.420 e. The molecule has 0 N–H and O–H groups in total. The zero-order chi connectivity index (χ0) is 38.1. The Labute approximate surface area is 317 Å². The van der Waals surface area contributed by atoms with E-state index in [1.54, 1.807) is 33.4 Å². The maximum absolute atomic E-state index is 16.2. The van der Waals surface area contributed by atoms with Crippen molar-refractivity contribution in [1.29, 1.82) is 0 Å². The molecule has 0 fully saturated rings. The molecule has 2 heterocycles. The number of hydrogen-bond acceptors (Lipinski definition) is 0. The molecular weight excluding hydrogens is 712 g/mol. The highest BCUT2D eigenvalue weighted by Gasteiger charge is 2.39. The molecule has 0 atom stereocenters. The quantitative estimate of drug-likeness (QED) is 0.156. The topological polar surface area (TPSA) is 9.86 Å². The van der Waals surface area contributed by atoms with E-state index in [9.17, 15) is 4.39 Å². The van der Waals surface area contributed by atoms with Gasteiger partial charge in [-0.1, -0.05) is 109 Å². The monoisotopic (exact) mass is 740 g/mol. The molecule has 10 aromatic rings. The van der Waals surface area contributed by atoms with Gasteiger partial charge in [-0.15, -0.1) is 0 Å². The Morgan fingerprint density at radius 3 is 1.29 bits per heavy atom. The minimum atomic E-state index is -4.90. The molecular formula is C49H29F5N2. The molecule has 0 spiro atoms. The third-order valence-corrected chi connectivity index (χ3v) is 10.7. The molecule has 2 aromatic heterocycles. The molecule has 56 heavy (non-hydrogen) atoms. The Bertz CT molecular complexity index is 2960. The Hall–Kier alpha value is -6.99. The molecule has 270 valence electrons. The van der Waals surface area contributed by atoms with Gasteiger partial charge in [0.25, 0.3) is 0 Å². The van der Waals surface area contributed by atoms with E-state index >= 15 is 17.6 Å². The van der Waals surface area contributed by atoms with Gasteiger partial charge in [-0.05, 0) is 94.5 Å². The van der Waals surface area contributed by atoms with Crippen molar-refractivity contribution in [3.05, 3.63) is 193 Å². The standard InChI is InChI=1S/C49H29F5N2/c50-35-21-22-41(51)38(29-35)34-27-46(55-42-17-9-7-15-36(42)39-25-32(19-23-44(39)55)30-11-3-1-4-12-30)48(49(52,53)54)47(28-34)56-43-18-10-8-16-37(43)40-26-33(20-24-45(40)56)31-13-5-2-6-14-31/h1-29H. The predicted octanol–water partition coefficient (Wildman–Crippen LogP) is 14.2. The second-order valence-electron chi connectivity index (χ2n) is 13.9. The number of rotatable bonds is 5. The van der Waals surface area contributed by atoms with Crippen LogP contribution in [0.15, 0.2) is 176 Å². The van der Waals surface area contributed by atoms with Gasteiger partial charge in [-0.2, -0.15) is 13.2 Å². The average Bonchev–Trinajstić information content (AvgIpc) is 3.73. The largest absolute Gasteiger partial charge is 0.420 e. The van der Waals surface area contributed by atoms with Crippen molar-refractivity contribution in [1.82, 2.24) is 9.13 Å². The van der Waals surface area contributed by atoms with Crippen LogP contribution in [0.25, 0.3) is 88.4 Å². The number of nitrogens with zero attached hydrogens (tertiary/aromatic N) is 2. The first-order valence-corrected chi connectivity index (χ1v) is 18.1.